The molecule has 0 bridgehead atoms. The lowest BCUT2D eigenvalue weighted by molar-refractivity contribution is -0.150. The molecule has 7 nitrogen and oxygen atoms in total. The van der Waals surface area contributed by atoms with Crippen molar-refractivity contribution in [3.63, 3.8) is 0 Å². The number of aliphatic hydroxyl groups is 1. The molecule has 0 unspecified atom stereocenters. The fourth-order valence-electron chi connectivity index (χ4n) is 1.75. The maximum absolute atomic E-state index is 13.0. The molecule has 0 fully saturated rings. The predicted octanol–water partition coefficient (Wildman–Crippen LogP) is 0.389. The average Bonchev–Trinajstić information content (AvgIpc) is 2.94. The molecule has 12 heteroatoms. The molecular weight excluding hydrogens is 320 g/mol. The van der Waals surface area contributed by atoms with Crippen molar-refractivity contribution in [2.75, 3.05) is 0 Å². The predicted molar refractivity (Wildman–Crippen MR) is 61.2 cm³/mol. The van der Waals surface area contributed by atoms with Crippen LogP contribution < -0.4 is 0 Å². The first-order valence-electron chi connectivity index (χ1n) is 5.49. The number of alkyl halides is 4. The number of hydrogen-bond acceptors (Lipinski definition) is 5. The molecule has 0 spiro atoms. The van der Waals surface area contributed by atoms with Gasteiger partial charge in [0.05, 0.1) is 6.20 Å². The van der Waals surface area contributed by atoms with Crippen LogP contribution in [0.4, 0.5) is 17.6 Å². The minimum Gasteiger partial charge on any atom is -0.364 e. The third-order valence-corrected chi connectivity index (χ3v) is 4.46. The van der Waals surface area contributed by atoms with Crippen molar-refractivity contribution in [2.24, 2.45) is 12.1 Å². The molecule has 1 aromatic rings. The first-order chi connectivity index (χ1) is 9.59. The number of halogens is 4. The van der Waals surface area contributed by atoms with Crippen molar-refractivity contribution in [3.8, 4) is 0 Å². The zero-order chi connectivity index (χ0) is 16.0. The number of nitrogens with zero attached hydrogens (tertiary/aromatic N) is 4. The topological polar surface area (TPSA) is 87.8 Å². The van der Waals surface area contributed by atoms with Crippen molar-refractivity contribution in [3.05, 3.63) is 12.4 Å². The van der Waals surface area contributed by atoms with Gasteiger partial charge in [0.25, 0.3) is 22.9 Å². The highest BCUT2D eigenvalue weighted by atomic mass is 32.2. The minimum atomic E-state index is -4.74. The summed E-state index contributed by atoms with van der Waals surface area (Å²) in [6.07, 6.45) is -6.36. The molecule has 1 aromatic heterocycles. The third kappa shape index (κ3) is 2.48. The summed E-state index contributed by atoms with van der Waals surface area (Å²) in [5.74, 6) is 0. The van der Waals surface area contributed by atoms with Crippen LogP contribution in [0.25, 0.3) is 0 Å². The lowest BCUT2D eigenvalue weighted by atomic mass is 10.1. The van der Waals surface area contributed by atoms with E-state index in [-0.39, 0.29) is 4.41 Å². The Morgan fingerprint density at radius 3 is 2.43 bits per heavy atom. The number of sulfonamides is 1. The first kappa shape index (κ1) is 15.7. The van der Waals surface area contributed by atoms with Crippen LogP contribution in [0.1, 0.15) is 6.42 Å². The van der Waals surface area contributed by atoms with Crippen LogP contribution in [0.2, 0.25) is 0 Å². The van der Waals surface area contributed by atoms with Crippen LogP contribution in [0.15, 0.2) is 22.4 Å². The number of rotatable bonds is 4. The monoisotopic (exact) mass is 330 g/mol. The van der Waals surface area contributed by atoms with E-state index in [1.165, 1.54) is 7.05 Å². The zero-order valence-corrected chi connectivity index (χ0v) is 11.3. The molecule has 1 N–H and O–H groups in total. The zero-order valence-electron chi connectivity index (χ0n) is 10.5. The molecule has 1 atom stereocenters. The summed E-state index contributed by atoms with van der Waals surface area (Å²) in [6.45, 7) is 0. The van der Waals surface area contributed by atoms with E-state index in [1.807, 2.05) is 0 Å². The molecule has 118 valence electrons. The van der Waals surface area contributed by atoms with Gasteiger partial charge in [0.1, 0.15) is 10.6 Å². The second kappa shape index (κ2) is 4.94. The molecule has 21 heavy (non-hydrogen) atoms. The van der Waals surface area contributed by atoms with Gasteiger partial charge in [-0.2, -0.15) is 18.6 Å². The Morgan fingerprint density at radius 2 is 2.00 bits per heavy atom. The van der Waals surface area contributed by atoms with Crippen LogP contribution in [0.3, 0.4) is 0 Å². The summed E-state index contributed by atoms with van der Waals surface area (Å²) in [5.41, 5.74) is -4.48. The summed E-state index contributed by atoms with van der Waals surface area (Å²) in [7, 11) is -3.37. The highest BCUT2D eigenvalue weighted by Gasteiger charge is 2.55. The Hall–Kier alpha value is -1.69. The van der Waals surface area contributed by atoms with Crippen LogP contribution in [0.5, 0.6) is 0 Å². The van der Waals surface area contributed by atoms with Crippen LogP contribution in [0, 0.1) is 0 Å². The molecular formula is C9H10F4N4O3S. The molecule has 0 aliphatic carbocycles. The third-order valence-electron chi connectivity index (χ3n) is 2.80. The molecule has 0 radical (unpaired) electrons. The van der Waals surface area contributed by atoms with E-state index in [9.17, 15) is 31.1 Å². The van der Waals surface area contributed by atoms with Gasteiger partial charge in [-0.15, -0.1) is 4.41 Å². The van der Waals surface area contributed by atoms with Gasteiger partial charge < -0.3 is 5.11 Å². The summed E-state index contributed by atoms with van der Waals surface area (Å²) < 4.78 is 76.1. The van der Waals surface area contributed by atoms with E-state index in [0.717, 1.165) is 17.1 Å². The molecule has 0 aromatic carbocycles. The van der Waals surface area contributed by atoms with E-state index in [4.69, 9.17) is 0 Å². The Labute approximate surface area is 116 Å². The average molecular weight is 330 g/mol. The summed E-state index contributed by atoms with van der Waals surface area (Å²) >= 11 is 0. The fourth-order valence-corrected chi connectivity index (χ4v) is 3.19. The van der Waals surface area contributed by atoms with Crippen LogP contribution in [-0.4, -0.2) is 52.0 Å². The summed E-state index contributed by atoms with van der Waals surface area (Å²) in [5, 5.41) is 16.3. The lowest BCUT2D eigenvalue weighted by Gasteiger charge is -2.30. The Bertz CT molecular complexity index is 674. The van der Waals surface area contributed by atoms with E-state index < -0.39 is 45.6 Å². The summed E-state index contributed by atoms with van der Waals surface area (Å²) in [4.78, 5) is -0.552. The number of aromatic nitrogens is 2. The minimum absolute atomic E-state index is 0.372. The highest BCUT2D eigenvalue weighted by Crippen LogP contribution is 2.37. The van der Waals surface area contributed by atoms with Crippen molar-refractivity contribution >= 4 is 15.7 Å². The highest BCUT2D eigenvalue weighted by molar-refractivity contribution is 7.89. The molecule has 2 rings (SSSR count). The normalized spacial score (nSPS) is 23.2. The first-order valence-corrected chi connectivity index (χ1v) is 6.93. The van der Waals surface area contributed by atoms with Gasteiger partial charge >= 0.3 is 0 Å². The van der Waals surface area contributed by atoms with Gasteiger partial charge in [-0.05, 0) is 0 Å². The second-order valence-electron chi connectivity index (χ2n) is 4.35. The largest absolute Gasteiger partial charge is 0.364 e. The van der Waals surface area contributed by atoms with E-state index in [1.54, 1.807) is 0 Å². The van der Waals surface area contributed by atoms with Crippen LogP contribution in [-0.2, 0) is 17.1 Å². The van der Waals surface area contributed by atoms with Gasteiger partial charge in [0.2, 0.25) is 5.72 Å². The Kier molecular flexibility index (Phi) is 3.70. The standard InChI is InChI=1S/C9H10F4N4O3S/c1-16-4-5(3-14-16)21(19,20)17-9(18,8(12)13)2-6(15-17)7(10)11/h3-4,7-8,18H,2H2,1H3/t9-/m0/s1. The van der Waals surface area contributed by atoms with Crippen molar-refractivity contribution in [1.29, 1.82) is 0 Å². The van der Waals surface area contributed by atoms with Crippen molar-refractivity contribution < 1.29 is 31.1 Å². The maximum Gasteiger partial charge on any atom is 0.288 e. The summed E-state index contributed by atoms with van der Waals surface area (Å²) in [6, 6.07) is 0. The van der Waals surface area contributed by atoms with Crippen molar-refractivity contribution in [2.45, 2.75) is 29.9 Å². The second-order valence-corrected chi connectivity index (χ2v) is 6.11. The number of hydrazone groups is 1. The Morgan fingerprint density at radius 1 is 1.38 bits per heavy atom. The molecule has 1 aliphatic heterocycles. The van der Waals surface area contributed by atoms with Crippen molar-refractivity contribution in [1.82, 2.24) is 14.2 Å². The molecule has 0 saturated carbocycles. The molecule has 0 amide bonds. The molecule has 0 saturated heterocycles. The van der Waals surface area contributed by atoms with Gasteiger partial charge in [0, 0.05) is 19.7 Å². The smallest absolute Gasteiger partial charge is 0.288 e. The lowest BCUT2D eigenvalue weighted by Crippen LogP contribution is -2.51. The number of hydrogen-bond donors (Lipinski definition) is 1. The van der Waals surface area contributed by atoms with Gasteiger partial charge in [0.15, 0.2) is 0 Å². The number of aryl methyl sites for hydroxylation is 1. The molecule has 1 aliphatic rings. The Balaban J connectivity index is 2.52. The SMILES string of the molecule is Cn1cc(S(=O)(=O)N2N=C(C(F)F)C[C@]2(O)C(F)F)cn1. The van der Waals surface area contributed by atoms with E-state index in [2.05, 4.69) is 10.2 Å². The fraction of sp³-hybridized carbons (Fsp3) is 0.556. The quantitative estimate of drug-likeness (QED) is 0.809. The van der Waals surface area contributed by atoms with Crippen LogP contribution >= 0.6 is 0 Å². The maximum atomic E-state index is 13.0. The van der Waals surface area contributed by atoms with E-state index >= 15 is 0 Å². The van der Waals surface area contributed by atoms with E-state index in [0.29, 0.717) is 0 Å². The van der Waals surface area contributed by atoms with Gasteiger partial charge in [-0.25, -0.2) is 17.6 Å². The van der Waals surface area contributed by atoms with Gasteiger partial charge in [-0.3, -0.25) is 4.68 Å². The molecule has 2 heterocycles. The van der Waals surface area contributed by atoms with Gasteiger partial charge in [-0.1, -0.05) is 0 Å².